The number of nitrogens with one attached hydrogen (secondary N) is 1. The number of esters is 1. The number of ether oxygens (including phenoxy) is 2. The summed E-state index contributed by atoms with van der Waals surface area (Å²) in [6.45, 7) is 9.14. The molecule has 1 aromatic carbocycles. The minimum Gasteiger partial charge on any atom is -0.473 e. The summed E-state index contributed by atoms with van der Waals surface area (Å²) >= 11 is 0. The Balaban J connectivity index is 1.60. The van der Waals surface area contributed by atoms with E-state index in [0.29, 0.717) is 11.5 Å². The van der Waals surface area contributed by atoms with Crippen molar-refractivity contribution in [1.29, 1.82) is 0 Å². The van der Waals surface area contributed by atoms with Gasteiger partial charge in [0.1, 0.15) is 0 Å². The van der Waals surface area contributed by atoms with Crippen LogP contribution in [0.25, 0.3) is 22.2 Å². The van der Waals surface area contributed by atoms with Gasteiger partial charge in [-0.15, -0.1) is 5.10 Å². The number of aromatic nitrogens is 3. The average Bonchev–Trinajstić information content (AvgIpc) is 3.27. The molecule has 0 unspecified atom stereocenters. The molecule has 192 valence electrons. The Morgan fingerprint density at radius 3 is 2.50 bits per heavy atom. The lowest BCUT2D eigenvalue weighted by molar-refractivity contribution is 0.0594. The van der Waals surface area contributed by atoms with Crippen molar-refractivity contribution in [3.05, 3.63) is 41.6 Å². The van der Waals surface area contributed by atoms with Gasteiger partial charge in [0.15, 0.2) is 11.3 Å². The molecular formula is C28H37N5O3. The van der Waals surface area contributed by atoms with E-state index in [9.17, 15) is 4.79 Å². The van der Waals surface area contributed by atoms with E-state index < -0.39 is 5.97 Å². The molecule has 1 N–H and O–H groups in total. The van der Waals surface area contributed by atoms with Crippen LogP contribution < -0.4 is 10.1 Å². The summed E-state index contributed by atoms with van der Waals surface area (Å²) in [6.07, 6.45) is 5.67. The molecule has 0 amide bonds. The predicted molar refractivity (Wildman–Crippen MR) is 140 cm³/mol. The van der Waals surface area contributed by atoms with Gasteiger partial charge >= 0.3 is 5.97 Å². The molecule has 5 rings (SSSR count). The minimum absolute atomic E-state index is 0.0301. The lowest BCUT2D eigenvalue weighted by Gasteiger charge is -2.27. The van der Waals surface area contributed by atoms with Crippen molar-refractivity contribution in [3.8, 4) is 17.0 Å². The van der Waals surface area contributed by atoms with Crippen molar-refractivity contribution in [3.63, 3.8) is 0 Å². The normalized spacial score (nSPS) is 17.6. The van der Waals surface area contributed by atoms with E-state index in [4.69, 9.17) is 19.6 Å². The Morgan fingerprint density at radius 2 is 1.83 bits per heavy atom. The van der Waals surface area contributed by atoms with Gasteiger partial charge in [0.25, 0.3) is 0 Å². The Bertz CT molecular complexity index is 1190. The molecule has 2 aromatic heterocycles. The standard InChI is InChI=1S/C28H37N5O3/c1-19(2)36-27-25-23(21-11-9-20(10-12-21)18-32-15-13-29-14-16-32)17-24(28(34)35-3)30-26(25)33(31-27)22-7-5-4-6-8-22/h9-12,17,19,22,29H,4-8,13-16,18H2,1-3H3. The van der Waals surface area contributed by atoms with Crippen LogP contribution in [0.4, 0.5) is 0 Å². The fraction of sp³-hybridized carbons (Fsp3) is 0.536. The molecule has 3 aromatic rings. The van der Waals surface area contributed by atoms with Gasteiger partial charge in [0.05, 0.1) is 24.6 Å². The average molecular weight is 492 g/mol. The summed E-state index contributed by atoms with van der Waals surface area (Å²) < 4.78 is 13.3. The molecular weight excluding hydrogens is 454 g/mol. The van der Waals surface area contributed by atoms with Crippen LogP contribution in [0.5, 0.6) is 5.88 Å². The van der Waals surface area contributed by atoms with Crippen LogP contribution >= 0.6 is 0 Å². The van der Waals surface area contributed by atoms with Gasteiger partial charge in [0, 0.05) is 38.3 Å². The zero-order chi connectivity index (χ0) is 25.1. The van der Waals surface area contributed by atoms with Crippen molar-refractivity contribution in [2.45, 2.75) is 64.6 Å². The lowest BCUT2D eigenvalue weighted by Crippen LogP contribution is -2.42. The first-order valence-electron chi connectivity index (χ1n) is 13.2. The SMILES string of the molecule is COC(=O)c1cc(-c2ccc(CN3CCNCC3)cc2)c2c(OC(C)C)nn(C3CCCCC3)c2n1. The van der Waals surface area contributed by atoms with E-state index in [1.54, 1.807) is 0 Å². The fourth-order valence-electron chi connectivity index (χ4n) is 5.34. The fourth-order valence-corrected chi connectivity index (χ4v) is 5.34. The second-order valence-electron chi connectivity index (χ2n) is 10.2. The van der Waals surface area contributed by atoms with Crippen molar-refractivity contribution in [1.82, 2.24) is 25.0 Å². The first kappa shape index (κ1) is 24.7. The van der Waals surface area contributed by atoms with Crippen LogP contribution in [0, 0.1) is 0 Å². The third-order valence-corrected chi connectivity index (χ3v) is 7.17. The predicted octanol–water partition coefficient (Wildman–Crippen LogP) is 4.58. The maximum atomic E-state index is 12.6. The van der Waals surface area contributed by atoms with E-state index in [1.165, 1.54) is 31.9 Å². The Kier molecular flexibility index (Phi) is 7.53. The van der Waals surface area contributed by atoms with Crippen LogP contribution in [-0.2, 0) is 11.3 Å². The highest BCUT2D eigenvalue weighted by molar-refractivity contribution is 6.01. The number of rotatable bonds is 7. The summed E-state index contributed by atoms with van der Waals surface area (Å²) in [6, 6.07) is 10.7. The molecule has 0 spiro atoms. The number of fused-ring (bicyclic) bond motifs is 1. The molecule has 8 heteroatoms. The molecule has 0 bridgehead atoms. The van der Waals surface area contributed by atoms with Gasteiger partial charge in [-0.3, -0.25) is 4.90 Å². The van der Waals surface area contributed by atoms with E-state index in [0.717, 1.165) is 62.1 Å². The molecule has 3 heterocycles. The number of carbonyl (C=O) groups excluding carboxylic acids is 1. The number of benzene rings is 1. The molecule has 1 aliphatic carbocycles. The maximum Gasteiger partial charge on any atom is 0.356 e. The van der Waals surface area contributed by atoms with Crippen molar-refractivity contribution < 1.29 is 14.3 Å². The van der Waals surface area contributed by atoms with Crippen LogP contribution in [0.15, 0.2) is 30.3 Å². The summed E-state index contributed by atoms with van der Waals surface area (Å²) in [5.41, 5.74) is 4.16. The number of hydrogen-bond acceptors (Lipinski definition) is 7. The molecule has 1 saturated carbocycles. The van der Waals surface area contributed by atoms with E-state index in [-0.39, 0.29) is 17.8 Å². The number of nitrogens with zero attached hydrogens (tertiary/aromatic N) is 4. The maximum absolute atomic E-state index is 12.6. The second-order valence-corrected chi connectivity index (χ2v) is 10.2. The van der Waals surface area contributed by atoms with Crippen molar-refractivity contribution in [2.24, 2.45) is 0 Å². The van der Waals surface area contributed by atoms with Gasteiger partial charge < -0.3 is 14.8 Å². The highest BCUT2D eigenvalue weighted by Crippen LogP contribution is 2.39. The summed E-state index contributed by atoms with van der Waals surface area (Å²) in [5.74, 6) is 0.130. The third kappa shape index (κ3) is 5.25. The number of pyridine rings is 1. The topological polar surface area (TPSA) is 81.5 Å². The number of methoxy groups -OCH3 is 1. The molecule has 2 fully saturated rings. The Hall–Kier alpha value is -2.97. The zero-order valence-electron chi connectivity index (χ0n) is 21.6. The zero-order valence-corrected chi connectivity index (χ0v) is 21.6. The van der Waals surface area contributed by atoms with Crippen LogP contribution in [-0.4, -0.2) is 65.0 Å². The monoisotopic (exact) mass is 491 g/mol. The number of carbonyl (C=O) groups is 1. The second kappa shape index (κ2) is 11.0. The molecule has 2 aliphatic rings. The van der Waals surface area contributed by atoms with Gasteiger partial charge in [-0.25, -0.2) is 14.5 Å². The molecule has 1 aliphatic heterocycles. The van der Waals surface area contributed by atoms with E-state index in [1.807, 2.05) is 24.6 Å². The largest absolute Gasteiger partial charge is 0.473 e. The Morgan fingerprint density at radius 1 is 1.11 bits per heavy atom. The van der Waals surface area contributed by atoms with Gasteiger partial charge in [-0.2, -0.15) is 0 Å². The summed E-state index contributed by atoms with van der Waals surface area (Å²) in [5, 5.41) is 9.19. The van der Waals surface area contributed by atoms with Crippen LogP contribution in [0.2, 0.25) is 0 Å². The quantitative estimate of drug-likeness (QED) is 0.485. The van der Waals surface area contributed by atoms with Crippen molar-refractivity contribution >= 4 is 17.0 Å². The van der Waals surface area contributed by atoms with Crippen molar-refractivity contribution in [2.75, 3.05) is 33.3 Å². The molecule has 0 atom stereocenters. The smallest absolute Gasteiger partial charge is 0.356 e. The minimum atomic E-state index is -0.448. The van der Waals surface area contributed by atoms with Gasteiger partial charge in [0.2, 0.25) is 5.88 Å². The molecule has 8 nitrogen and oxygen atoms in total. The summed E-state index contributed by atoms with van der Waals surface area (Å²) in [4.78, 5) is 19.9. The molecule has 0 radical (unpaired) electrons. The third-order valence-electron chi connectivity index (χ3n) is 7.17. The number of hydrogen-bond donors (Lipinski definition) is 1. The number of piperazine rings is 1. The van der Waals surface area contributed by atoms with E-state index >= 15 is 0 Å². The highest BCUT2D eigenvalue weighted by atomic mass is 16.5. The molecule has 1 saturated heterocycles. The first-order valence-corrected chi connectivity index (χ1v) is 13.2. The van der Waals surface area contributed by atoms with Crippen LogP contribution in [0.3, 0.4) is 0 Å². The highest BCUT2D eigenvalue weighted by Gasteiger charge is 2.27. The van der Waals surface area contributed by atoms with E-state index in [2.05, 4.69) is 34.5 Å². The van der Waals surface area contributed by atoms with Gasteiger partial charge in [-0.05, 0) is 43.9 Å². The molecule has 36 heavy (non-hydrogen) atoms. The Labute approximate surface area is 213 Å². The summed E-state index contributed by atoms with van der Waals surface area (Å²) in [7, 11) is 1.39. The first-order chi connectivity index (χ1) is 17.5. The van der Waals surface area contributed by atoms with Gasteiger partial charge in [-0.1, -0.05) is 43.5 Å². The lowest BCUT2D eigenvalue weighted by atomic mass is 9.95. The van der Waals surface area contributed by atoms with Crippen LogP contribution in [0.1, 0.15) is 68.0 Å².